The van der Waals surface area contributed by atoms with Crippen LogP contribution in [0.5, 0.6) is 17.2 Å². The van der Waals surface area contributed by atoms with E-state index in [2.05, 4.69) is 26.2 Å². The van der Waals surface area contributed by atoms with Crippen LogP contribution in [0.15, 0.2) is 51.5 Å². The highest BCUT2D eigenvalue weighted by molar-refractivity contribution is 9.10. The minimum Gasteiger partial charge on any atom is -0.496 e. The lowest BCUT2D eigenvalue weighted by Crippen LogP contribution is -1.92. The number of ether oxygens (including phenoxy) is 3. The Labute approximate surface area is 172 Å². The van der Waals surface area contributed by atoms with Gasteiger partial charge >= 0.3 is 0 Å². The first-order chi connectivity index (χ1) is 13.4. The third kappa shape index (κ3) is 5.24. The molecule has 0 bridgehead atoms. The van der Waals surface area contributed by atoms with E-state index in [1.165, 1.54) is 0 Å². The van der Waals surface area contributed by atoms with Gasteiger partial charge in [0.05, 0.1) is 32.5 Å². The highest BCUT2D eigenvalue weighted by Crippen LogP contribution is 2.40. The summed E-state index contributed by atoms with van der Waals surface area (Å²) in [6.45, 7) is 0. The van der Waals surface area contributed by atoms with E-state index in [1.54, 1.807) is 21.3 Å². The van der Waals surface area contributed by atoms with E-state index in [9.17, 15) is 0 Å². The van der Waals surface area contributed by atoms with Crippen molar-refractivity contribution < 1.29 is 27.2 Å². The maximum absolute atomic E-state index is 8.81. The molecule has 0 amide bonds. The molecule has 2 aromatic carbocycles. The van der Waals surface area contributed by atoms with Gasteiger partial charge in [0, 0.05) is 10.5 Å². The lowest BCUT2D eigenvalue weighted by molar-refractivity contribution is 0.393. The van der Waals surface area contributed by atoms with Crippen LogP contribution >= 0.6 is 15.9 Å². The van der Waals surface area contributed by atoms with Crippen molar-refractivity contribution in [1.29, 1.82) is 0 Å². The first-order valence-corrected chi connectivity index (χ1v) is 9.86. The smallest absolute Gasteiger partial charge is 0.198 e. The van der Waals surface area contributed by atoms with Gasteiger partial charge in [0.25, 0.3) is 0 Å². The Kier molecular flexibility index (Phi) is 7.85. The normalized spacial score (nSPS) is 10.2. The van der Waals surface area contributed by atoms with E-state index < -0.39 is 10.9 Å². The molecule has 0 spiro atoms. The van der Waals surface area contributed by atoms with Crippen molar-refractivity contribution in [2.45, 2.75) is 0 Å². The Morgan fingerprint density at radius 3 is 2.07 bits per heavy atom. The Morgan fingerprint density at radius 1 is 0.964 bits per heavy atom. The minimum atomic E-state index is -2.62. The molecule has 1 aromatic heterocycles. The van der Waals surface area contributed by atoms with Crippen molar-refractivity contribution in [1.82, 2.24) is 5.16 Å². The van der Waals surface area contributed by atoms with Gasteiger partial charge in [-0.1, -0.05) is 27.2 Å². The number of rotatable bonds is 5. The molecule has 0 aliphatic heterocycles. The highest BCUT2D eigenvalue weighted by Gasteiger charge is 2.19. The standard InChI is InChI=1S/C18H16BrNO4.H3NO2S/c1-21-14-8-7-11(19)9-12(14)17-10-13(20-24-17)18-15(22-2)5-4-6-16(18)23-3;1-4(2)3/h4-10H,1-3H3;4H,(H2,1,2,3). The quantitative estimate of drug-likeness (QED) is 0.549. The van der Waals surface area contributed by atoms with Gasteiger partial charge in [0.15, 0.2) is 16.7 Å². The zero-order valence-electron chi connectivity index (χ0n) is 15.3. The number of thiol groups is 1. The Hall–Kier alpha value is -2.56. The highest BCUT2D eigenvalue weighted by atomic mass is 79.9. The molecule has 0 atom stereocenters. The predicted molar refractivity (Wildman–Crippen MR) is 109 cm³/mol. The summed E-state index contributed by atoms with van der Waals surface area (Å²) in [6.07, 6.45) is 0. The first kappa shape index (κ1) is 21.7. The fourth-order valence-corrected chi connectivity index (χ4v) is 2.86. The predicted octanol–water partition coefficient (Wildman–Crippen LogP) is 3.27. The van der Waals surface area contributed by atoms with Gasteiger partial charge in [0.2, 0.25) is 0 Å². The first-order valence-electron chi connectivity index (χ1n) is 7.82. The Bertz CT molecular complexity index is 989. The van der Waals surface area contributed by atoms with Gasteiger partial charge < -0.3 is 18.7 Å². The lowest BCUT2D eigenvalue weighted by Gasteiger charge is -2.10. The van der Waals surface area contributed by atoms with Crippen LogP contribution in [0, 0.1) is 0 Å². The van der Waals surface area contributed by atoms with Gasteiger partial charge in [-0.3, -0.25) is 0 Å². The summed E-state index contributed by atoms with van der Waals surface area (Å²) in [6, 6.07) is 13.1. The van der Waals surface area contributed by atoms with Gasteiger partial charge in [-0.15, -0.1) is 0 Å². The summed E-state index contributed by atoms with van der Waals surface area (Å²) in [5.74, 6) is 2.62. The molecule has 10 heteroatoms. The van der Waals surface area contributed by atoms with Crippen molar-refractivity contribution in [3.8, 4) is 39.8 Å². The van der Waals surface area contributed by atoms with Gasteiger partial charge in [-0.2, -0.15) is 0 Å². The fraction of sp³-hybridized carbons (Fsp3) is 0.167. The van der Waals surface area contributed by atoms with Crippen LogP contribution in [0.1, 0.15) is 0 Å². The molecule has 3 aromatic rings. The maximum Gasteiger partial charge on any atom is 0.198 e. The van der Waals surface area contributed by atoms with Crippen LogP contribution in [-0.4, -0.2) is 34.9 Å². The van der Waals surface area contributed by atoms with E-state index in [4.69, 9.17) is 27.2 Å². The number of nitrogens with two attached hydrogens (primary N) is 1. The van der Waals surface area contributed by atoms with Gasteiger partial charge in [0.1, 0.15) is 22.9 Å². The summed E-state index contributed by atoms with van der Waals surface area (Å²) >= 11 is 3.46. The second-order valence-corrected chi connectivity index (χ2v) is 6.73. The minimum absolute atomic E-state index is 0.594. The molecule has 3 rings (SSSR count). The lowest BCUT2D eigenvalue weighted by atomic mass is 10.1. The molecule has 0 saturated carbocycles. The number of nitrogens with zero attached hydrogens (tertiary/aromatic N) is 1. The third-order valence-corrected chi connectivity index (χ3v) is 4.11. The van der Waals surface area contributed by atoms with E-state index in [-0.39, 0.29) is 0 Å². The van der Waals surface area contributed by atoms with Crippen molar-refractivity contribution in [3.63, 3.8) is 0 Å². The summed E-state index contributed by atoms with van der Waals surface area (Å²) in [5.41, 5.74) is 2.17. The molecule has 2 N–H and O–H groups in total. The number of hydrogen-bond acceptors (Lipinski definition) is 7. The summed E-state index contributed by atoms with van der Waals surface area (Å²) in [5, 5.41) is 8.24. The third-order valence-electron chi connectivity index (χ3n) is 3.62. The molecule has 0 saturated heterocycles. The van der Waals surface area contributed by atoms with Crippen LogP contribution in [0.4, 0.5) is 0 Å². The monoisotopic (exact) mass is 470 g/mol. The topological polar surface area (TPSA) is 114 Å². The number of benzene rings is 2. The average molecular weight is 471 g/mol. The SMILES string of the molecule is COc1ccc(Br)cc1-c1cc(-c2c(OC)cccc2OC)no1.N[SH](=O)=O. The molecule has 0 aliphatic rings. The Balaban J connectivity index is 0.000000640. The molecule has 1 heterocycles. The Morgan fingerprint density at radius 2 is 1.54 bits per heavy atom. The summed E-state index contributed by atoms with van der Waals surface area (Å²) in [4.78, 5) is 0. The van der Waals surface area contributed by atoms with Gasteiger partial charge in [-0.05, 0) is 30.3 Å². The molecule has 0 aliphatic carbocycles. The molecule has 28 heavy (non-hydrogen) atoms. The van der Waals surface area contributed by atoms with E-state index in [1.807, 2.05) is 42.5 Å². The maximum atomic E-state index is 8.81. The zero-order valence-corrected chi connectivity index (χ0v) is 17.8. The average Bonchev–Trinajstić information content (AvgIpc) is 3.16. The molecule has 0 fully saturated rings. The molecular weight excluding hydrogens is 452 g/mol. The van der Waals surface area contributed by atoms with E-state index in [0.29, 0.717) is 28.7 Å². The molecule has 150 valence electrons. The number of aromatic nitrogens is 1. The number of halogens is 1. The second-order valence-electron chi connectivity index (χ2n) is 5.24. The zero-order chi connectivity index (χ0) is 20.7. The van der Waals surface area contributed by atoms with Crippen LogP contribution in [-0.2, 0) is 10.9 Å². The van der Waals surface area contributed by atoms with Crippen molar-refractivity contribution >= 4 is 26.8 Å². The second kappa shape index (κ2) is 10.1. The molecule has 8 nitrogen and oxygen atoms in total. The fourth-order valence-electron chi connectivity index (χ4n) is 2.50. The molecule has 0 radical (unpaired) electrons. The molecular formula is C18H19BrN2O6S. The van der Waals surface area contributed by atoms with Crippen molar-refractivity contribution in [2.24, 2.45) is 5.14 Å². The van der Waals surface area contributed by atoms with Crippen LogP contribution in [0.2, 0.25) is 0 Å². The van der Waals surface area contributed by atoms with E-state index >= 15 is 0 Å². The summed E-state index contributed by atoms with van der Waals surface area (Å²) < 4.78 is 40.3. The van der Waals surface area contributed by atoms with Gasteiger partial charge in [-0.25, -0.2) is 13.6 Å². The van der Waals surface area contributed by atoms with Crippen LogP contribution in [0.25, 0.3) is 22.6 Å². The van der Waals surface area contributed by atoms with Crippen LogP contribution in [0.3, 0.4) is 0 Å². The van der Waals surface area contributed by atoms with Crippen molar-refractivity contribution in [3.05, 3.63) is 46.9 Å². The summed E-state index contributed by atoms with van der Waals surface area (Å²) in [7, 11) is 2.21. The van der Waals surface area contributed by atoms with Crippen LogP contribution < -0.4 is 19.3 Å². The number of methoxy groups -OCH3 is 3. The van der Waals surface area contributed by atoms with Crippen molar-refractivity contribution in [2.75, 3.05) is 21.3 Å². The number of hydrogen-bond donors (Lipinski definition) is 2. The van der Waals surface area contributed by atoms with E-state index in [0.717, 1.165) is 15.6 Å². The largest absolute Gasteiger partial charge is 0.496 e. The molecule has 0 unspecified atom stereocenters.